The molecule has 1 aliphatic heterocycles. The topological polar surface area (TPSA) is 79.7 Å². The number of hydrogen-bond acceptors (Lipinski definition) is 6. The van der Waals surface area contributed by atoms with Gasteiger partial charge >= 0.3 is 0 Å². The first-order chi connectivity index (χ1) is 11.8. The van der Waals surface area contributed by atoms with Crippen molar-refractivity contribution in [2.45, 2.75) is 18.4 Å². The summed E-state index contributed by atoms with van der Waals surface area (Å²) in [5, 5.41) is 0.471. The molecule has 0 bridgehead atoms. The number of nitrogens with zero attached hydrogens (tertiary/aromatic N) is 2. The van der Waals surface area contributed by atoms with Crippen molar-refractivity contribution < 1.29 is 22.1 Å². The molecule has 0 unspecified atom stereocenters. The average Bonchev–Trinajstić information content (AvgIpc) is 3.15. The number of halogens is 2. The van der Waals surface area contributed by atoms with Gasteiger partial charge in [0, 0.05) is 22.4 Å². The molecule has 10 heteroatoms. The SMILES string of the molecule is CS(=O)(=O)OC[C@@H]1CO[C@@](Cn2ccnc2)(c2ccc(Br)cc2Cl)O1. The number of ether oxygens (including phenoxy) is 2. The van der Waals surface area contributed by atoms with Crippen molar-refractivity contribution in [2.24, 2.45) is 0 Å². The molecule has 1 fully saturated rings. The second-order valence-corrected chi connectivity index (χ2v) is 8.62. The normalized spacial score (nSPS) is 23.9. The van der Waals surface area contributed by atoms with E-state index in [9.17, 15) is 8.42 Å². The molecule has 7 nitrogen and oxygen atoms in total. The highest BCUT2D eigenvalue weighted by Gasteiger charge is 2.45. The van der Waals surface area contributed by atoms with Gasteiger partial charge in [-0.3, -0.25) is 4.18 Å². The summed E-state index contributed by atoms with van der Waals surface area (Å²) in [4.78, 5) is 4.02. The van der Waals surface area contributed by atoms with Crippen LogP contribution in [0.25, 0.3) is 0 Å². The van der Waals surface area contributed by atoms with E-state index in [1.54, 1.807) is 29.4 Å². The van der Waals surface area contributed by atoms with E-state index in [1.165, 1.54) is 0 Å². The van der Waals surface area contributed by atoms with Gasteiger partial charge in [0.05, 0.1) is 37.4 Å². The monoisotopic (exact) mass is 450 g/mol. The smallest absolute Gasteiger partial charge is 0.264 e. The second kappa shape index (κ2) is 7.34. The van der Waals surface area contributed by atoms with Crippen molar-refractivity contribution in [3.63, 3.8) is 0 Å². The maximum Gasteiger partial charge on any atom is 0.264 e. The van der Waals surface area contributed by atoms with Crippen LogP contribution in [0.4, 0.5) is 0 Å². The Labute approximate surface area is 159 Å². The zero-order valence-corrected chi connectivity index (χ0v) is 16.4. The van der Waals surface area contributed by atoms with Gasteiger partial charge in [-0.1, -0.05) is 33.6 Å². The zero-order chi connectivity index (χ0) is 18.1. The second-order valence-electron chi connectivity index (χ2n) is 5.65. The van der Waals surface area contributed by atoms with E-state index < -0.39 is 22.0 Å². The molecule has 0 amide bonds. The van der Waals surface area contributed by atoms with E-state index in [0.717, 1.165) is 10.7 Å². The molecule has 3 rings (SSSR count). The molecule has 0 radical (unpaired) electrons. The van der Waals surface area contributed by atoms with Crippen LogP contribution in [0.1, 0.15) is 5.56 Å². The maximum absolute atomic E-state index is 11.2. The number of imidazole rings is 1. The molecule has 1 aromatic heterocycles. The van der Waals surface area contributed by atoms with Crippen LogP contribution >= 0.6 is 27.5 Å². The summed E-state index contributed by atoms with van der Waals surface area (Å²) in [6, 6.07) is 5.40. The van der Waals surface area contributed by atoms with Crippen LogP contribution in [0.3, 0.4) is 0 Å². The summed E-state index contributed by atoms with van der Waals surface area (Å²) in [5.41, 5.74) is 0.646. The predicted molar refractivity (Wildman–Crippen MR) is 94.7 cm³/mol. The van der Waals surface area contributed by atoms with Crippen molar-refractivity contribution in [1.29, 1.82) is 0 Å². The van der Waals surface area contributed by atoms with Gasteiger partial charge in [-0.25, -0.2) is 4.98 Å². The van der Waals surface area contributed by atoms with Gasteiger partial charge in [0.2, 0.25) is 5.79 Å². The molecule has 2 aromatic rings. The van der Waals surface area contributed by atoms with Crippen LogP contribution in [-0.2, 0) is 36.1 Å². The Balaban J connectivity index is 1.88. The highest BCUT2D eigenvalue weighted by Crippen LogP contribution is 2.40. The molecule has 0 aliphatic carbocycles. The van der Waals surface area contributed by atoms with E-state index >= 15 is 0 Å². The summed E-state index contributed by atoms with van der Waals surface area (Å²) < 4.78 is 41.9. The molecule has 0 saturated carbocycles. The van der Waals surface area contributed by atoms with Crippen molar-refractivity contribution in [3.8, 4) is 0 Å². The summed E-state index contributed by atoms with van der Waals surface area (Å²) in [6.07, 6.45) is 5.52. The summed E-state index contributed by atoms with van der Waals surface area (Å²) in [5.74, 6) is -1.16. The van der Waals surface area contributed by atoms with Crippen LogP contribution in [0, 0.1) is 0 Å². The molecular formula is C15H16BrClN2O5S. The van der Waals surface area contributed by atoms with Crippen molar-refractivity contribution in [1.82, 2.24) is 9.55 Å². The number of benzene rings is 1. The van der Waals surface area contributed by atoms with Crippen molar-refractivity contribution >= 4 is 37.6 Å². The summed E-state index contributed by atoms with van der Waals surface area (Å²) in [6.45, 7) is 0.360. The van der Waals surface area contributed by atoms with Gasteiger partial charge in [-0.15, -0.1) is 0 Å². The molecule has 136 valence electrons. The van der Waals surface area contributed by atoms with E-state index in [4.69, 9.17) is 25.3 Å². The highest BCUT2D eigenvalue weighted by atomic mass is 79.9. The Morgan fingerprint density at radius 2 is 2.32 bits per heavy atom. The zero-order valence-electron chi connectivity index (χ0n) is 13.3. The molecule has 1 aliphatic rings. The van der Waals surface area contributed by atoms with Gasteiger partial charge in [0.25, 0.3) is 10.1 Å². The fourth-order valence-corrected chi connectivity index (χ4v) is 3.79. The van der Waals surface area contributed by atoms with Gasteiger partial charge in [0.15, 0.2) is 0 Å². The summed E-state index contributed by atoms with van der Waals surface area (Å²) in [7, 11) is -3.56. The van der Waals surface area contributed by atoms with E-state index in [-0.39, 0.29) is 13.2 Å². The molecule has 0 N–H and O–H groups in total. The van der Waals surface area contributed by atoms with E-state index in [2.05, 4.69) is 20.9 Å². The minimum absolute atomic E-state index is 0.126. The van der Waals surface area contributed by atoms with Crippen molar-refractivity contribution in [3.05, 3.63) is 52.0 Å². The molecular weight excluding hydrogens is 436 g/mol. The molecule has 2 atom stereocenters. The molecule has 1 saturated heterocycles. The van der Waals surface area contributed by atoms with Crippen LogP contribution in [0.5, 0.6) is 0 Å². The lowest BCUT2D eigenvalue weighted by Gasteiger charge is -2.29. The van der Waals surface area contributed by atoms with Gasteiger partial charge in [-0.2, -0.15) is 8.42 Å². The maximum atomic E-state index is 11.2. The van der Waals surface area contributed by atoms with E-state index in [0.29, 0.717) is 17.1 Å². The first kappa shape index (κ1) is 18.8. The molecule has 0 spiro atoms. The van der Waals surface area contributed by atoms with Gasteiger partial charge in [0.1, 0.15) is 6.10 Å². The standard InChI is InChI=1S/C15H16BrClN2O5S/c1-25(20,21)23-8-12-7-22-15(24-12,9-19-5-4-18-10-19)13-3-2-11(16)6-14(13)17/h2-6,10,12H,7-9H2,1H3/t12-,15+/m0/s1. The summed E-state index contributed by atoms with van der Waals surface area (Å²) >= 11 is 9.77. The largest absolute Gasteiger partial charge is 0.342 e. The van der Waals surface area contributed by atoms with Gasteiger partial charge in [-0.05, 0) is 12.1 Å². The van der Waals surface area contributed by atoms with Crippen LogP contribution < -0.4 is 0 Å². The third kappa shape index (κ3) is 4.60. The minimum atomic E-state index is -3.56. The van der Waals surface area contributed by atoms with Crippen molar-refractivity contribution in [2.75, 3.05) is 19.5 Å². The highest BCUT2D eigenvalue weighted by molar-refractivity contribution is 9.10. The lowest BCUT2D eigenvalue weighted by Crippen LogP contribution is -2.34. The quantitative estimate of drug-likeness (QED) is 0.628. The Hall–Kier alpha value is -0.970. The third-order valence-corrected chi connectivity index (χ3v) is 4.99. The number of aromatic nitrogens is 2. The Kier molecular flexibility index (Phi) is 5.52. The van der Waals surface area contributed by atoms with Crippen LogP contribution in [0.2, 0.25) is 5.02 Å². The third-order valence-electron chi connectivity index (χ3n) is 3.62. The van der Waals surface area contributed by atoms with E-state index in [1.807, 2.05) is 12.1 Å². The fourth-order valence-electron chi connectivity index (χ4n) is 2.57. The Morgan fingerprint density at radius 3 is 2.96 bits per heavy atom. The minimum Gasteiger partial charge on any atom is -0.342 e. The van der Waals surface area contributed by atoms with Gasteiger partial charge < -0.3 is 14.0 Å². The predicted octanol–water partition coefficient (Wildman–Crippen LogP) is 2.54. The molecule has 1 aromatic carbocycles. The molecule has 2 heterocycles. The first-order valence-corrected chi connectivity index (χ1v) is 10.3. The lowest BCUT2D eigenvalue weighted by atomic mass is 10.1. The fraction of sp³-hybridized carbons (Fsp3) is 0.400. The van der Waals surface area contributed by atoms with Crippen LogP contribution in [-0.4, -0.2) is 43.5 Å². The number of hydrogen-bond donors (Lipinski definition) is 0. The van der Waals surface area contributed by atoms with Crippen LogP contribution in [0.15, 0.2) is 41.4 Å². The Bertz CT molecular complexity index is 846. The Morgan fingerprint density at radius 1 is 1.52 bits per heavy atom. The lowest BCUT2D eigenvalue weighted by molar-refractivity contribution is -0.189. The average molecular weight is 452 g/mol. The first-order valence-electron chi connectivity index (χ1n) is 7.35. The number of rotatable bonds is 6. The molecule has 25 heavy (non-hydrogen) atoms.